The van der Waals surface area contributed by atoms with Crippen molar-refractivity contribution in [3.63, 3.8) is 0 Å². The van der Waals surface area contributed by atoms with Crippen molar-refractivity contribution in [3.8, 4) is 44.5 Å². The molecule has 67 heavy (non-hydrogen) atoms. The molecule has 0 aliphatic heterocycles. The average molecular weight is 870 g/mol. The molecule has 0 bridgehead atoms. The Hall–Kier alpha value is -8.30. The average Bonchev–Trinajstić information content (AvgIpc) is 3.93. The normalized spacial score (nSPS) is 12.6. The largest absolute Gasteiger partial charge is 0.310 e. The van der Waals surface area contributed by atoms with Crippen LogP contribution in [0.2, 0.25) is 0 Å². The SMILES string of the molecule is c1ccc(C2(c3ccccc3)c3ccccc3-c3ccc(-c4ccc(N(c5ccc(-c6cccc(-c7cccc8ccccc78)c6)cc5)c5ccc6c(c5)sc5ccccc56)cc4)cc32)cc1. The molecule has 2 heteroatoms. The van der Waals surface area contributed by atoms with E-state index >= 15 is 0 Å². The Kier molecular flexibility index (Phi) is 9.33. The number of rotatable bonds is 8. The molecule has 1 heterocycles. The van der Waals surface area contributed by atoms with Gasteiger partial charge in [-0.25, -0.2) is 0 Å². The summed E-state index contributed by atoms with van der Waals surface area (Å²) in [6.07, 6.45) is 0. The fourth-order valence-electron chi connectivity index (χ4n) is 10.9. The summed E-state index contributed by atoms with van der Waals surface area (Å²) in [5, 5.41) is 5.12. The van der Waals surface area contributed by atoms with Crippen LogP contribution in [0.25, 0.3) is 75.5 Å². The minimum absolute atomic E-state index is 0.449. The molecule has 0 unspecified atom stereocenters. The van der Waals surface area contributed by atoms with Crippen LogP contribution in [-0.4, -0.2) is 0 Å². The molecule has 13 rings (SSSR count). The Bertz CT molecular complexity index is 3750. The van der Waals surface area contributed by atoms with Gasteiger partial charge in [0.2, 0.25) is 0 Å². The first-order valence-electron chi connectivity index (χ1n) is 23.1. The van der Waals surface area contributed by atoms with Gasteiger partial charge in [-0.1, -0.05) is 206 Å². The van der Waals surface area contributed by atoms with E-state index in [0.717, 1.165) is 17.1 Å². The van der Waals surface area contributed by atoms with E-state index in [2.05, 4.69) is 266 Å². The van der Waals surface area contributed by atoms with Gasteiger partial charge >= 0.3 is 0 Å². The first-order chi connectivity index (χ1) is 33.2. The third kappa shape index (κ3) is 6.44. The first-order valence-corrected chi connectivity index (χ1v) is 23.9. The van der Waals surface area contributed by atoms with E-state index in [1.807, 2.05) is 11.3 Å². The molecule has 1 aromatic heterocycles. The monoisotopic (exact) mass is 869 g/mol. The quantitative estimate of drug-likeness (QED) is 0.147. The smallest absolute Gasteiger partial charge is 0.0713 e. The Balaban J connectivity index is 0.905. The van der Waals surface area contributed by atoms with Gasteiger partial charge in [0, 0.05) is 37.2 Å². The highest BCUT2D eigenvalue weighted by molar-refractivity contribution is 7.25. The number of nitrogens with zero attached hydrogens (tertiary/aromatic N) is 1. The van der Waals surface area contributed by atoms with Gasteiger partial charge in [0.05, 0.1) is 5.41 Å². The van der Waals surface area contributed by atoms with Gasteiger partial charge in [0.1, 0.15) is 0 Å². The number of thiophene rings is 1. The van der Waals surface area contributed by atoms with Crippen LogP contribution in [0.5, 0.6) is 0 Å². The van der Waals surface area contributed by atoms with E-state index in [1.54, 1.807) is 0 Å². The van der Waals surface area contributed by atoms with E-state index < -0.39 is 5.41 Å². The van der Waals surface area contributed by atoms with E-state index in [0.29, 0.717) is 0 Å². The third-order valence-electron chi connectivity index (χ3n) is 14.0. The molecular weight excluding hydrogens is 827 g/mol. The summed E-state index contributed by atoms with van der Waals surface area (Å²) >= 11 is 1.86. The first kappa shape index (κ1) is 39.1. The molecule has 1 nitrogen and oxygen atoms in total. The minimum atomic E-state index is -0.449. The molecule has 11 aromatic carbocycles. The standard InChI is InChI=1S/C65H43NS/c1-3-19-50(20-4-1)65(51-21-5-2-6-22-51)61-27-11-9-24-57(61)58-39-33-48(42-62(58)65)45-31-36-53(37-32-45)66(54-38-40-60-59-25-10-12-28-63(59)67-64(60)43-54)52-34-29-44(30-35-52)47-17-13-18-49(41-47)56-26-14-16-46-15-7-8-23-55(46)56/h1-43H. The van der Waals surface area contributed by atoms with Crippen molar-refractivity contribution in [1.82, 2.24) is 0 Å². The van der Waals surface area contributed by atoms with Crippen molar-refractivity contribution >= 4 is 59.3 Å². The molecule has 0 atom stereocenters. The molecule has 0 radical (unpaired) electrons. The van der Waals surface area contributed by atoms with Gasteiger partial charge in [-0.05, 0) is 132 Å². The second kappa shape index (κ2) is 16.0. The van der Waals surface area contributed by atoms with Crippen LogP contribution in [0.15, 0.2) is 261 Å². The van der Waals surface area contributed by atoms with Gasteiger partial charge in [0.15, 0.2) is 0 Å². The summed E-state index contributed by atoms with van der Waals surface area (Å²) in [5.74, 6) is 0. The topological polar surface area (TPSA) is 3.24 Å². The maximum Gasteiger partial charge on any atom is 0.0713 e. The lowest BCUT2D eigenvalue weighted by atomic mass is 9.67. The molecule has 12 aromatic rings. The van der Waals surface area contributed by atoms with Crippen molar-refractivity contribution < 1.29 is 0 Å². The van der Waals surface area contributed by atoms with Crippen molar-refractivity contribution in [2.75, 3.05) is 4.90 Å². The minimum Gasteiger partial charge on any atom is -0.310 e. The third-order valence-corrected chi connectivity index (χ3v) is 15.1. The molecule has 0 saturated heterocycles. The summed E-state index contributed by atoms with van der Waals surface area (Å²) in [7, 11) is 0. The summed E-state index contributed by atoms with van der Waals surface area (Å²) < 4.78 is 2.59. The molecule has 0 saturated carbocycles. The lowest BCUT2D eigenvalue weighted by molar-refractivity contribution is 0.769. The van der Waals surface area contributed by atoms with Gasteiger partial charge < -0.3 is 4.90 Å². The maximum absolute atomic E-state index is 2.45. The highest BCUT2D eigenvalue weighted by Gasteiger charge is 2.46. The number of hydrogen-bond acceptors (Lipinski definition) is 2. The van der Waals surface area contributed by atoms with Crippen LogP contribution < -0.4 is 4.90 Å². The second-order valence-electron chi connectivity index (χ2n) is 17.6. The van der Waals surface area contributed by atoms with Gasteiger partial charge in [-0.2, -0.15) is 0 Å². The molecule has 0 fully saturated rings. The Morgan fingerprint density at radius 2 is 0.806 bits per heavy atom. The predicted octanol–water partition coefficient (Wildman–Crippen LogP) is 18.0. The highest BCUT2D eigenvalue weighted by atomic mass is 32.1. The summed E-state index contributed by atoms with van der Waals surface area (Å²) in [4.78, 5) is 2.40. The van der Waals surface area contributed by atoms with E-state index in [4.69, 9.17) is 0 Å². The van der Waals surface area contributed by atoms with Gasteiger partial charge in [-0.3, -0.25) is 0 Å². The summed E-state index contributed by atoms with van der Waals surface area (Å²) in [6.45, 7) is 0. The Morgan fingerprint density at radius 3 is 1.55 bits per heavy atom. The maximum atomic E-state index is 2.45. The molecule has 0 N–H and O–H groups in total. The molecular formula is C65H43NS. The molecule has 1 aliphatic rings. The predicted molar refractivity (Wildman–Crippen MR) is 285 cm³/mol. The van der Waals surface area contributed by atoms with Crippen LogP contribution in [0.1, 0.15) is 22.3 Å². The fourth-order valence-corrected chi connectivity index (χ4v) is 12.0. The zero-order valence-electron chi connectivity index (χ0n) is 36.7. The van der Waals surface area contributed by atoms with Crippen LogP contribution >= 0.6 is 11.3 Å². The molecule has 0 amide bonds. The number of benzene rings is 11. The van der Waals surface area contributed by atoms with Crippen molar-refractivity contribution in [2.45, 2.75) is 5.41 Å². The molecule has 1 aliphatic carbocycles. The Morgan fingerprint density at radius 1 is 0.284 bits per heavy atom. The second-order valence-corrected chi connectivity index (χ2v) is 18.7. The lowest BCUT2D eigenvalue weighted by Gasteiger charge is -2.34. The zero-order chi connectivity index (χ0) is 44.3. The van der Waals surface area contributed by atoms with Crippen LogP contribution in [0.4, 0.5) is 17.1 Å². The highest BCUT2D eigenvalue weighted by Crippen LogP contribution is 2.57. The number of fused-ring (bicyclic) bond motifs is 7. The van der Waals surface area contributed by atoms with E-state index in [1.165, 1.54) is 97.7 Å². The van der Waals surface area contributed by atoms with Crippen molar-refractivity contribution in [2.24, 2.45) is 0 Å². The summed E-state index contributed by atoms with van der Waals surface area (Å²) in [5.41, 5.74) is 17.9. The van der Waals surface area contributed by atoms with Crippen LogP contribution in [0, 0.1) is 0 Å². The Labute approximate surface area is 395 Å². The summed E-state index contributed by atoms with van der Waals surface area (Å²) in [6, 6.07) is 96.2. The number of anilines is 3. The van der Waals surface area contributed by atoms with Crippen LogP contribution in [-0.2, 0) is 5.41 Å². The zero-order valence-corrected chi connectivity index (χ0v) is 37.5. The van der Waals surface area contributed by atoms with Crippen LogP contribution in [0.3, 0.4) is 0 Å². The van der Waals surface area contributed by atoms with Gasteiger partial charge in [-0.15, -0.1) is 11.3 Å². The van der Waals surface area contributed by atoms with Gasteiger partial charge in [0.25, 0.3) is 0 Å². The number of hydrogen-bond donors (Lipinski definition) is 0. The fraction of sp³-hybridized carbons (Fsp3) is 0.0154. The molecule has 0 spiro atoms. The van der Waals surface area contributed by atoms with Crippen molar-refractivity contribution in [3.05, 3.63) is 283 Å². The van der Waals surface area contributed by atoms with E-state index in [9.17, 15) is 0 Å². The van der Waals surface area contributed by atoms with E-state index in [-0.39, 0.29) is 0 Å². The molecule has 314 valence electrons. The van der Waals surface area contributed by atoms with Crippen molar-refractivity contribution in [1.29, 1.82) is 0 Å². The lowest BCUT2D eigenvalue weighted by Crippen LogP contribution is -2.28.